The summed E-state index contributed by atoms with van der Waals surface area (Å²) in [5.41, 5.74) is -0.923. The Bertz CT molecular complexity index is 1520. The van der Waals surface area contributed by atoms with Crippen molar-refractivity contribution in [2.45, 2.75) is 70.9 Å². The zero-order valence-corrected chi connectivity index (χ0v) is 26.0. The second kappa shape index (κ2) is 13.3. The highest BCUT2D eigenvalue weighted by Crippen LogP contribution is 2.38. The third-order valence-corrected chi connectivity index (χ3v) is 9.41. The van der Waals surface area contributed by atoms with Crippen LogP contribution in [0, 0.1) is 5.82 Å². The fourth-order valence-corrected chi connectivity index (χ4v) is 6.88. The lowest BCUT2D eigenvalue weighted by Gasteiger charge is -2.40. The summed E-state index contributed by atoms with van der Waals surface area (Å²) in [5, 5.41) is 11.8. The van der Waals surface area contributed by atoms with E-state index >= 15 is 0 Å². The normalized spacial score (nSPS) is 21.3. The van der Waals surface area contributed by atoms with Gasteiger partial charge in [0.05, 0.1) is 30.1 Å². The first kappa shape index (κ1) is 32.7. The number of hydrogen-bond acceptors (Lipinski definition) is 9. The van der Waals surface area contributed by atoms with Crippen molar-refractivity contribution in [1.82, 2.24) is 24.8 Å². The van der Waals surface area contributed by atoms with Crippen LogP contribution in [0.5, 0.6) is 0 Å². The molecule has 2 fully saturated rings. The second-order valence-corrected chi connectivity index (χ2v) is 12.7. The van der Waals surface area contributed by atoms with Gasteiger partial charge in [0, 0.05) is 61.3 Å². The Morgan fingerprint density at radius 2 is 1.78 bits per heavy atom. The minimum absolute atomic E-state index is 0.0185. The van der Waals surface area contributed by atoms with Gasteiger partial charge in [0.15, 0.2) is 5.13 Å². The Morgan fingerprint density at radius 3 is 2.40 bits per heavy atom. The number of nitrogens with one attached hydrogen (secondary N) is 1. The molecule has 1 aromatic carbocycles. The number of hydrogen-bond donors (Lipinski definition) is 2. The molecule has 3 atom stereocenters. The minimum atomic E-state index is -4.74. The van der Waals surface area contributed by atoms with Crippen LogP contribution in [0.3, 0.4) is 0 Å². The van der Waals surface area contributed by atoms with Crippen LogP contribution in [0.2, 0.25) is 0 Å². The monoisotopic (exact) mass is 649 g/mol. The lowest BCUT2D eigenvalue weighted by atomic mass is 10.1. The molecule has 0 saturated carbocycles. The molecule has 0 spiro atoms. The summed E-state index contributed by atoms with van der Waals surface area (Å²) in [5.74, 6) is -1.88. The number of rotatable bonds is 9. The van der Waals surface area contributed by atoms with E-state index in [-0.39, 0.29) is 46.6 Å². The number of carboxylic acid groups (broad SMARTS) is 1. The zero-order valence-electron chi connectivity index (χ0n) is 25.1. The van der Waals surface area contributed by atoms with E-state index in [2.05, 4.69) is 43.9 Å². The number of aromatic nitrogens is 3. The van der Waals surface area contributed by atoms with Crippen molar-refractivity contribution in [1.29, 1.82) is 0 Å². The van der Waals surface area contributed by atoms with Gasteiger partial charge in [-0.2, -0.15) is 13.2 Å². The first-order valence-electron chi connectivity index (χ1n) is 14.8. The van der Waals surface area contributed by atoms with Crippen LogP contribution in [0.25, 0.3) is 11.3 Å². The van der Waals surface area contributed by atoms with Gasteiger partial charge in [0.25, 0.3) is 5.91 Å². The summed E-state index contributed by atoms with van der Waals surface area (Å²) < 4.78 is 54.9. The van der Waals surface area contributed by atoms with Gasteiger partial charge in [-0.1, -0.05) is 11.3 Å². The third kappa shape index (κ3) is 7.76. The molecule has 0 radical (unpaired) electrons. The molecule has 2 saturated heterocycles. The van der Waals surface area contributed by atoms with Gasteiger partial charge < -0.3 is 10.0 Å². The molecule has 0 bridgehead atoms. The Balaban J connectivity index is 1.33. The van der Waals surface area contributed by atoms with E-state index in [1.807, 2.05) is 11.8 Å². The maximum Gasteiger partial charge on any atom is 0.416 e. The van der Waals surface area contributed by atoms with Crippen LogP contribution < -0.4 is 10.2 Å². The summed E-state index contributed by atoms with van der Waals surface area (Å²) >= 11 is 1.13. The number of nitrogens with zero attached hydrogens (tertiary/aromatic N) is 6. The van der Waals surface area contributed by atoms with Crippen molar-refractivity contribution < 1.29 is 32.3 Å². The van der Waals surface area contributed by atoms with Gasteiger partial charge in [-0.3, -0.25) is 24.7 Å². The van der Waals surface area contributed by atoms with Gasteiger partial charge in [-0.15, -0.1) is 0 Å². The van der Waals surface area contributed by atoms with Crippen LogP contribution in [0.15, 0.2) is 30.6 Å². The van der Waals surface area contributed by atoms with E-state index in [0.717, 1.165) is 36.3 Å². The molecule has 15 heteroatoms. The van der Waals surface area contributed by atoms with Crippen LogP contribution in [-0.4, -0.2) is 86.0 Å². The highest BCUT2D eigenvalue weighted by atomic mass is 32.1. The van der Waals surface area contributed by atoms with E-state index in [1.165, 1.54) is 12.4 Å². The van der Waals surface area contributed by atoms with Crippen molar-refractivity contribution in [3.8, 4) is 11.3 Å². The number of anilines is 2. The van der Waals surface area contributed by atoms with Gasteiger partial charge in [0.2, 0.25) is 0 Å². The molecular formula is C30H35F4N7O3S. The van der Waals surface area contributed by atoms with Crippen molar-refractivity contribution in [3.63, 3.8) is 0 Å². The zero-order chi connectivity index (χ0) is 32.5. The molecule has 0 unspecified atom stereocenters. The topological polar surface area (TPSA) is 115 Å². The van der Waals surface area contributed by atoms with E-state index in [4.69, 9.17) is 5.11 Å². The number of likely N-dealkylation sites (tertiary alicyclic amines) is 1. The van der Waals surface area contributed by atoms with Crippen molar-refractivity contribution >= 4 is 34.2 Å². The Morgan fingerprint density at radius 1 is 1.04 bits per heavy atom. The average molecular weight is 650 g/mol. The number of benzene rings is 1. The molecule has 2 aliphatic heterocycles. The lowest BCUT2D eigenvalue weighted by Crippen LogP contribution is -2.52. The molecular weight excluding hydrogens is 614 g/mol. The quantitative estimate of drug-likeness (QED) is 0.296. The molecule has 2 N–H and O–H groups in total. The smallest absolute Gasteiger partial charge is 0.416 e. The Labute approximate surface area is 262 Å². The number of alkyl halides is 3. The molecule has 0 aliphatic carbocycles. The first-order valence-corrected chi connectivity index (χ1v) is 15.6. The largest absolute Gasteiger partial charge is 0.481 e. The summed E-state index contributed by atoms with van der Waals surface area (Å²) in [6, 6.07) is 2.94. The summed E-state index contributed by atoms with van der Waals surface area (Å²) in [4.78, 5) is 44.2. The number of carbonyl (C=O) groups excluding carboxylic acids is 1. The maximum atomic E-state index is 14.4. The van der Waals surface area contributed by atoms with E-state index in [1.54, 1.807) is 0 Å². The fraction of sp³-hybridized carbons (Fsp3) is 0.500. The van der Waals surface area contributed by atoms with Gasteiger partial charge in [-0.05, 0) is 51.8 Å². The number of carboxylic acids is 1. The van der Waals surface area contributed by atoms with Gasteiger partial charge in [-0.25, -0.2) is 19.3 Å². The third-order valence-electron chi connectivity index (χ3n) is 8.45. The highest BCUT2D eigenvalue weighted by molar-refractivity contribution is 7.16. The van der Waals surface area contributed by atoms with Crippen LogP contribution >= 0.6 is 11.3 Å². The molecule has 5 rings (SSSR count). The summed E-state index contributed by atoms with van der Waals surface area (Å²) in [6.45, 7) is 8.94. The molecule has 10 nitrogen and oxygen atoms in total. The number of amides is 1. The Hall–Kier alpha value is -3.69. The number of aliphatic carboxylic acids is 1. The lowest BCUT2D eigenvalue weighted by molar-refractivity contribution is -0.138. The standard InChI is InChI=1S/C30H35F4N7O3S/c1-17-4-5-18(2)41(17)16-24-27(20-10-21(30(32,33)34)12-22(31)11-20)37-29(45-24)38-28(44)23-13-36-25(14-35-23)40-9-8-39(19(3)15-40)7-6-26(42)43/h10-14,17-19H,4-9,15-16H2,1-3H3,(H,42,43)(H,37,38,44)/t17-,18-,19+/m1/s1. The molecule has 45 heavy (non-hydrogen) atoms. The van der Waals surface area contributed by atoms with Crippen LogP contribution in [0.1, 0.15) is 61.0 Å². The molecule has 1 amide bonds. The number of carbonyl (C=O) groups is 2. The SMILES string of the molecule is C[C@@H]1CC[C@@H](C)N1Cc1sc(NC(=O)c2cnc(N3CCN(CCC(=O)O)[C@@H](C)C3)cn2)nc1-c1cc(F)cc(C(F)(F)F)c1. The van der Waals surface area contributed by atoms with Crippen molar-refractivity contribution in [2.24, 2.45) is 0 Å². The number of halogens is 4. The average Bonchev–Trinajstić information content (AvgIpc) is 3.53. The molecule has 2 aromatic heterocycles. The molecule has 2 aliphatic rings. The highest BCUT2D eigenvalue weighted by Gasteiger charge is 2.33. The van der Waals surface area contributed by atoms with E-state index < -0.39 is 29.4 Å². The van der Waals surface area contributed by atoms with Gasteiger partial charge >= 0.3 is 12.1 Å². The molecule has 242 valence electrons. The van der Waals surface area contributed by atoms with Crippen LogP contribution in [0.4, 0.5) is 28.5 Å². The minimum Gasteiger partial charge on any atom is -0.481 e. The first-order chi connectivity index (χ1) is 21.3. The van der Waals surface area contributed by atoms with E-state index in [0.29, 0.717) is 49.5 Å². The Kier molecular flexibility index (Phi) is 9.70. The number of thiazole rings is 1. The van der Waals surface area contributed by atoms with E-state index in [9.17, 15) is 27.2 Å². The second-order valence-electron chi connectivity index (χ2n) is 11.7. The predicted octanol–water partition coefficient (Wildman–Crippen LogP) is 5.37. The summed E-state index contributed by atoms with van der Waals surface area (Å²) in [6.07, 6.45) is 0.129. The molecule has 4 heterocycles. The van der Waals surface area contributed by atoms with Crippen molar-refractivity contribution in [2.75, 3.05) is 36.4 Å². The predicted molar refractivity (Wildman–Crippen MR) is 162 cm³/mol. The summed E-state index contributed by atoms with van der Waals surface area (Å²) in [7, 11) is 0. The number of piperazine rings is 1. The maximum absolute atomic E-state index is 14.4. The van der Waals surface area contributed by atoms with Crippen molar-refractivity contribution in [3.05, 3.63) is 52.5 Å². The van der Waals surface area contributed by atoms with Gasteiger partial charge in [0.1, 0.15) is 17.3 Å². The fourth-order valence-electron chi connectivity index (χ4n) is 5.89. The van der Waals surface area contributed by atoms with Crippen LogP contribution in [-0.2, 0) is 17.5 Å². The molecule has 3 aromatic rings.